The fourth-order valence-electron chi connectivity index (χ4n) is 2.51. The van der Waals surface area contributed by atoms with Gasteiger partial charge in [0.15, 0.2) is 18.5 Å². The molecule has 0 spiro atoms. The number of carbonyl (C=O) groups is 3. The van der Waals surface area contributed by atoms with Crippen molar-refractivity contribution in [2.45, 2.75) is 19.4 Å². The maximum absolute atomic E-state index is 12.9. The van der Waals surface area contributed by atoms with E-state index in [-0.39, 0.29) is 18.1 Å². The van der Waals surface area contributed by atoms with E-state index in [4.69, 9.17) is 9.47 Å². The van der Waals surface area contributed by atoms with Gasteiger partial charge in [-0.25, -0.2) is 9.18 Å². The molecule has 0 aromatic heterocycles. The maximum Gasteiger partial charge on any atom is 0.347 e. The van der Waals surface area contributed by atoms with Crippen LogP contribution in [0.25, 0.3) is 0 Å². The summed E-state index contributed by atoms with van der Waals surface area (Å²) in [5.74, 6) is -1.31. The minimum Gasteiger partial charge on any atom is -0.479 e. The summed E-state index contributed by atoms with van der Waals surface area (Å²) in [7, 11) is 0. The van der Waals surface area contributed by atoms with Crippen LogP contribution in [0.1, 0.15) is 22.8 Å². The Bertz CT molecular complexity index is 863. The number of ether oxygens (including phenoxy) is 2. The summed E-state index contributed by atoms with van der Waals surface area (Å²) in [6.45, 7) is 1.04. The number of benzene rings is 2. The van der Waals surface area contributed by atoms with E-state index in [2.05, 4.69) is 5.32 Å². The van der Waals surface area contributed by atoms with Crippen molar-refractivity contribution in [1.29, 1.82) is 0 Å². The molecule has 2 aromatic carbocycles. The second-order valence-electron chi connectivity index (χ2n) is 5.84. The van der Waals surface area contributed by atoms with E-state index in [1.165, 1.54) is 31.2 Å². The summed E-state index contributed by atoms with van der Waals surface area (Å²) < 4.78 is 23.2. The van der Waals surface area contributed by atoms with Crippen LogP contribution in [0.2, 0.25) is 0 Å². The van der Waals surface area contributed by atoms with Crippen LogP contribution in [-0.4, -0.2) is 30.4 Å². The zero-order valence-electron chi connectivity index (χ0n) is 14.0. The molecule has 1 amide bonds. The van der Waals surface area contributed by atoms with Crippen LogP contribution < -0.4 is 10.1 Å². The Balaban J connectivity index is 1.54. The van der Waals surface area contributed by atoms with E-state index >= 15 is 0 Å². The van der Waals surface area contributed by atoms with Gasteiger partial charge in [0.2, 0.25) is 5.91 Å². The van der Waals surface area contributed by atoms with Gasteiger partial charge in [-0.2, -0.15) is 0 Å². The summed E-state index contributed by atoms with van der Waals surface area (Å²) >= 11 is 0. The number of ketones is 1. The molecule has 1 N–H and O–H groups in total. The van der Waals surface area contributed by atoms with Crippen LogP contribution in [0, 0.1) is 5.82 Å². The maximum atomic E-state index is 12.9. The molecule has 0 fully saturated rings. The molecule has 2 aromatic rings. The lowest BCUT2D eigenvalue weighted by molar-refractivity contribution is -0.149. The van der Waals surface area contributed by atoms with Crippen molar-refractivity contribution in [2.75, 3.05) is 11.9 Å². The first-order valence-corrected chi connectivity index (χ1v) is 7.97. The fraction of sp³-hybridized carbons (Fsp3) is 0.211. The third kappa shape index (κ3) is 4.05. The van der Waals surface area contributed by atoms with Gasteiger partial charge in [0, 0.05) is 11.3 Å². The molecular weight excluding hydrogens is 341 g/mol. The Kier molecular flexibility index (Phi) is 4.97. The number of carbonyl (C=O) groups excluding carboxylic acids is 3. The Labute approximate surface area is 148 Å². The summed E-state index contributed by atoms with van der Waals surface area (Å²) in [5, 5.41) is 2.68. The van der Waals surface area contributed by atoms with Crippen LogP contribution >= 0.6 is 0 Å². The highest BCUT2D eigenvalue weighted by Crippen LogP contribution is 2.24. The Morgan fingerprint density at radius 1 is 1.19 bits per heavy atom. The molecule has 0 aliphatic carbocycles. The summed E-state index contributed by atoms with van der Waals surface area (Å²) in [5.41, 5.74) is 1.78. The molecule has 1 heterocycles. The predicted octanol–water partition coefficient (Wildman–Crippen LogP) is 2.51. The second-order valence-corrected chi connectivity index (χ2v) is 5.84. The average Bonchev–Trinajstić information content (AvgIpc) is 3.00. The van der Waals surface area contributed by atoms with Crippen molar-refractivity contribution in [3.63, 3.8) is 0 Å². The molecule has 3 rings (SSSR count). The summed E-state index contributed by atoms with van der Waals surface area (Å²) in [6, 6.07) is 10.0. The van der Waals surface area contributed by atoms with Crippen LogP contribution in [0.3, 0.4) is 0 Å². The lowest BCUT2D eigenvalue weighted by atomic mass is 10.1. The molecule has 26 heavy (non-hydrogen) atoms. The number of fused-ring (bicyclic) bond motifs is 1. The summed E-state index contributed by atoms with van der Waals surface area (Å²) in [6.07, 6.45) is -0.728. The zero-order chi connectivity index (χ0) is 18.7. The Hall–Kier alpha value is -3.22. The van der Waals surface area contributed by atoms with Crippen molar-refractivity contribution in [2.24, 2.45) is 0 Å². The molecule has 0 bridgehead atoms. The topological polar surface area (TPSA) is 81.7 Å². The molecule has 1 aliphatic rings. The Morgan fingerprint density at radius 2 is 1.92 bits per heavy atom. The van der Waals surface area contributed by atoms with Gasteiger partial charge < -0.3 is 14.8 Å². The number of rotatable bonds is 6. The van der Waals surface area contributed by atoms with Gasteiger partial charge in [0.05, 0.1) is 6.42 Å². The number of Topliss-reactive ketones (excluding diaryl/α,β-unsaturated/α-hetero) is 1. The first-order chi connectivity index (χ1) is 12.4. The number of amides is 1. The molecule has 6 nitrogen and oxygen atoms in total. The lowest BCUT2D eigenvalue weighted by Crippen LogP contribution is -2.28. The summed E-state index contributed by atoms with van der Waals surface area (Å²) in [4.78, 5) is 35.5. The van der Waals surface area contributed by atoms with E-state index < -0.39 is 24.5 Å². The molecule has 1 atom stereocenters. The zero-order valence-corrected chi connectivity index (χ0v) is 14.0. The largest absolute Gasteiger partial charge is 0.479 e. The number of esters is 1. The fourth-order valence-corrected chi connectivity index (χ4v) is 2.51. The smallest absolute Gasteiger partial charge is 0.347 e. The molecule has 0 unspecified atom stereocenters. The van der Waals surface area contributed by atoms with Gasteiger partial charge in [-0.3, -0.25) is 9.59 Å². The number of hydrogen-bond acceptors (Lipinski definition) is 5. The van der Waals surface area contributed by atoms with Crippen molar-refractivity contribution in [3.8, 4) is 5.75 Å². The first-order valence-electron chi connectivity index (χ1n) is 7.97. The molecule has 0 radical (unpaired) electrons. The third-order valence-electron chi connectivity index (χ3n) is 3.86. The van der Waals surface area contributed by atoms with Gasteiger partial charge in [-0.05, 0) is 55.0 Å². The SMILES string of the molecule is C[C@H](Oc1ccc(F)cc1)C(=O)OCC(=O)c1ccc2c(c1)CC(=O)N2. The van der Waals surface area contributed by atoms with Crippen molar-refractivity contribution in [1.82, 2.24) is 0 Å². The number of halogens is 1. The first kappa shape index (κ1) is 17.6. The lowest BCUT2D eigenvalue weighted by Gasteiger charge is -2.13. The van der Waals surface area contributed by atoms with Gasteiger partial charge >= 0.3 is 5.97 Å². The van der Waals surface area contributed by atoms with E-state index in [9.17, 15) is 18.8 Å². The predicted molar refractivity (Wildman–Crippen MR) is 90.6 cm³/mol. The standard InChI is InChI=1S/C19H16FNO5/c1-11(26-15-5-3-14(20)4-6-15)19(24)25-10-17(22)12-2-7-16-13(8-12)9-18(23)21-16/h2-8,11H,9-10H2,1H3,(H,21,23)/t11-/m0/s1. The monoisotopic (exact) mass is 357 g/mol. The molecular formula is C19H16FNO5. The average molecular weight is 357 g/mol. The minimum atomic E-state index is -0.949. The quantitative estimate of drug-likeness (QED) is 0.635. The van der Waals surface area contributed by atoms with Crippen molar-refractivity contribution in [3.05, 3.63) is 59.4 Å². The molecule has 7 heteroatoms. The number of nitrogens with one attached hydrogen (secondary N) is 1. The van der Waals surface area contributed by atoms with Gasteiger partial charge in [-0.1, -0.05) is 0 Å². The van der Waals surface area contributed by atoms with Crippen molar-refractivity contribution < 1.29 is 28.2 Å². The highest BCUT2D eigenvalue weighted by molar-refractivity contribution is 6.02. The van der Waals surface area contributed by atoms with Gasteiger partial charge in [-0.15, -0.1) is 0 Å². The molecule has 134 valence electrons. The van der Waals surface area contributed by atoms with Crippen LogP contribution in [0.4, 0.5) is 10.1 Å². The van der Waals surface area contributed by atoms with Crippen molar-refractivity contribution >= 4 is 23.3 Å². The molecule has 1 aliphatic heterocycles. The second kappa shape index (κ2) is 7.35. The van der Waals surface area contributed by atoms with Crippen LogP contribution in [0.15, 0.2) is 42.5 Å². The van der Waals surface area contributed by atoms with E-state index in [0.717, 1.165) is 5.56 Å². The van der Waals surface area contributed by atoms with Gasteiger partial charge in [0.25, 0.3) is 0 Å². The number of anilines is 1. The number of hydrogen-bond donors (Lipinski definition) is 1. The Morgan fingerprint density at radius 3 is 2.65 bits per heavy atom. The molecule has 0 saturated heterocycles. The molecule has 0 saturated carbocycles. The van der Waals surface area contributed by atoms with E-state index in [1.54, 1.807) is 18.2 Å². The third-order valence-corrected chi connectivity index (χ3v) is 3.86. The van der Waals surface area contributed by atoms with Crippen LogP contribution in [0.5, 0.6) is 5.75 Å². The van der Waals surface area contributed by atoms with Crippen LogP contribution in [-0.2, 0) is 20.7 Å². The van der Waals surface area contributed by atoms with E-state index in [0.29, 0.717) is 17.0 Å². The highest BCUT2D eigenvalue weighted by Gasteiger charge is 2.21. The minimum absolute atomic E-state index is 0.122. The van der Waals surface area contributed by atoms with E-state index in [1.807, 2.05) is 0 Å². The van der Waals surface area contributed by atoms with Gasteiger partial charge in [0.1, 0.15) is 11.6 Å². The normalized spacial score (nSPS) is 13.5. The highest BCUT2D eigenvalue weighted by atomic mass is 19.1.